The molecule has 5 heteroatoms. The van der Waals surface area contributed by atoms with E-state index >= 15 is 0 Å². The maximum Gasteiger partial charge on any atom is 0.320 e. The molecule has 0 amide bonds. The van der Waals surface area contributed by atoms with Crippen molar-refractivity contribution in [2.24, 2.45) is 5.92 Å². The number of carboxylic acid groups (broad SMARTS) is 1. The second kappa shape index (κ2) is 5.30. The van der Waals surface area contributed by atoms with Crippen LogP contribution in [0.4, 0.5) is 0 Å². The van der Waals surface area contributed by atoms with Gasteiger partial charge in [0.25, 0.3) is 0 Å². The number of nitrogens with zero attached hydrogens (tertiary/aromatic N) is 1. The molecule has 3 atom stereocenters. The highest BCUT2D eigenvalue weighted by atomic mass is 16.5. The average Bonchev–Trinajstić information content (AvgIpc) is 2.57. The van der Waals surface area contributed by atoms with Gasteiger partial charge in [-0.15, -0.1) is 0 Å². The first-order chi connectivity index (χ1) is 7.52. The van der Waals surface area contributed by atoms with E-state index in [1.165, 1.54) is 7.11 Å². The van der Waals surface area contributed by atoms with Crippen LogP contribution in [0.3, 0.4) is 0 Å². The molecule has 16 heavy (non-hydrogen) atoms. The second-order valence-electron chi connectivity index (χ2n) is 4.20. The fourth-order valence-corrected chi connectivity index (χ4v) is 2.39. The van der Waals surface area contributed by atoms with Crippen LogP contribution in [-0.2, 0) is 14.3 Å². The molecule has 1 rings (SSSR count). The van der Waals surface area contributed by atoms with E-state index in [2.05, 4.69) is 0 Å². The molecule has 0 aromatic carbocycles. The number of hydrogen-bond acceptors (Lipinski definition) is 4. The van der Waals surface area contributed by atoms with Crippen LogP contribution in [0.15, 0.2) is 0 Å². The minimum absolute atomic E-state index is 0.0616. The zero-order valence-corrected chi connectivity index (χ0v) is 9.97. The van der Waals surface area contributed by atoms with Crippen molar-refractivity contribution >= 4 is 11.9 Å². The van der Waals surface area contributed by atoms with E-state index in [-0.39, 0.29) is 17.9 Å². The number of carboxylic acids is 1. The number of methoxy groups -OCH3 is 1. The first-order valence-electron chi connectivity index (χ1n) is 5.59. The van der Waals surface area contributed by atoms with Crippen LogP contribution in [0.25, 0.3) is 0 Å². The van der Waals surface area contributed by atoms with Crippen molar-refractivity contribution in [3.05, 3.63) is 0 Å². The normalized spacial score (nSPS) is 30.3. The molecular formula is C11H19NO4. The van der Waals surface area contributed by atoms with Gasteiger partial charge in [-0.1, -0.05) is 6.92 Å². The van der Waals surface area contributed by atoms with E-state index in [1.54, 1.807) is 0 Å². The molecule has 0 aromatic heterocycles. The lowest BCUT2D eigenvalue weighted by molar-refractivity contribution is -0.146. The van der Waals surface area contributed by atoms with Crippen molar-refractivity contribution < 1.29 is 19.4 Å². The molecule has 1 N–H and O–H groups in total. The predicted molar refractivity (Wildman–Crippen MR) is 58.0 cm³/mol. The summed E-state index contributed by atoms with van der Waals surface area (Å²) in [6, 6.07) is -0.618. The fraction of sp³-hybridized carbons (Fsp3) is 0.818. The SMILES string of the molecule is CCCN1C(C(=O)O)CC(C(=O)OC)C1C. The first-order valence-corrected chi connectivity index (χ1v) is 5.59. The van der Waals surface area contributed by atoms with Crippen molar-refractivity contribution in [1.82, 2.24) is 4.90 Å². The molecule has 0 bridgehead atoms. The van der Waals surface area contributed by atoms with Gasteiger partial charge in [0.05, 0.1) is 13.0 Å². The Morgan fingerprint density at radius 2 is 2.12 bits per heavy atom. The third-order valence-electron chi connectivity index (χ3n) is 3.25. The van der Waals surface area contributed by atoms with Gasteiger partial charge in [-0.25, -0.2) is 0 Å². The highest BCUT2D eigenvalue weighted by Gasteiger charge is 2.45. The summed E-state index contributed by atoms with van der Waals surface area (Å²) in [5, 5.41) is 9.11. The number of hydrogen-bond donors (Lipinski definition) is 1. The molecule has 0 radical (unpaired) electrons. The third-order valence-corrected chi connectivity index (χ3v) is 3.25. The molecule has 1 aliphatic rings. The number of likely N-dealkylation sites (tertiary alicyclic amines) is 1. The number of carbonyl (C=O) groups excluding carboxylic acids is 1. The zero-order valence-electron chi connectivity index (χ0n) is 9.97. The molecule has 0 spiro atoms. The lowest BCUT2D eigenvalue weighted by Gasteiger charge is -2.25. The Balaban J connectivity index is 2.81. The van der Waals surface area contributed by atoms with Gasteiger partial charge in [0, 0.05) is 6.04 Å². The van der Waals surface area contributed by atoms with Gasteiger partial charge in [0.1, 0.15) is 6.04 Å². The van der Waals surface area contributed by atoms with Gasteiger partial charge in [0.2, 0.25) is 0 Å². The molecule has 1 heterocycles. The van der Waals surface area contributed by atoms with Crippen molar-refractivity contribution in [1.29, 1.82) is 0 Å². The van der Waals surface area contributed by atoms with Crippen molar-refractivity contribution in [2.75, 3.05) is 13.7 Å². The van der Waals surface area contributed by atoms with Crippen LogP contribution < -0.4 is 0 Å². The summed E-state index contributed by atoms with van der Waals surface area (Å²) in [5.74, 6) is -1.48. The average molecular weight is 229 g/mol. The quantitative estimate of drug-likeness (QED) is 0.720. The Kier molecular flexibility index (Phi) is 4.29. The molecule has 1 fully saturated rings. The predicted octanol–water partition coefficient (Wildman–Crippen LogP) is 0.733. The van der Waals surface area contributed by atoms with Crippen LogP contribution >= 0.6 is 0 Å². The molecule has 0 aliphatic carbocycles. The fourth-order valence-electron chi connectivity index (χ4n) is 2.39. The van der Waals surface area contributed by atoms with Crippen molar-refractivity contribution in [2.45, 2.75) is 38.8 Å². The van der Waals surface area contributed by atoms with E-state index in [1.807, 2.05) is 18.7 Å². The summed E-state index contributed by atoms with van der Waals surface area (Å²) in [7, 11) is 1.34. The van der Waals surface area contributed by atoms with Crippen molar-refractivity contribution in [3.8, 4) is 0 Å². The van der Waals surface area contributed by atoms with Gasteiger partial charge < -0.3 is 9.84 Å². The topological polar surface area (TPSA) is 66.8 Å². The Hall–Kier alpha value is -1.10. The Morgan fingerprint density at radius 1 is 1.50 bits per heavy atom. The lowest BCUT2D eigenvalue weighted by atomic mass is 10.0. The number of esters is 1. The molecule has 5 nitrogen and oxygen atoms in total. The van der Waals surface area contributed by atoms with Gasteiger partial charge >= 0.3 is 11.9 Å². The van der Waals surface area contributed by atoms with E-state index in [0.29, 0.717) is 13.0 Å². The molecule has 92 valence electrons. The van der Waals surface area contributed by atoms with Gasteiger partial charge in [-0.3, -0.25) is 14.5 Å². The summed E-state index contributed by atoms with van der Waals surface area (Å²) in [5.41, 5.74) is 0. The summed E-state index contributed by atoms with van der Waals surface area (Å²) in [6.45, 7) is 4.59. The Labute approximate surface area is 95.4 Å². The molecule has 0 aromatic rings. The largest absolute Gasteiger partial charge is 0.480 e. The van der Waals surface area contributed by atoms with Crippen LogP contribution in [0.1, 0.15) is 26.7 Å². The minimum atomic E-state index is -0.855. The summed E-state index contributed by atoms with van der Waals surface area (Å²) >= 11 is 0. The monoisotopic (exact) mass is 229 g/mol. The maximum absolute atomic E-state index is 11.5. The van der Waals surface area contributed by atoms with Gasteiger partial charge in [-0.05, 0) is 26.3 Å². The number of ether oxygens (including phenoxy) is 1. The number of rotatable bonds is 4. The smallest absolute Gasteiger partial charge is 0.320 e. The third kappa shape index (κ3) is 2.35. The van der Waals surface area contributed by atoms with Crippen LogP contribution in [-0.4, -0.2) is 47.7 Å². The summed E-state index contributed by atoms with van der Waals surface area (Å²) in [4.78, 5) is 24.5. The highest BCUT2D eigenvalue weighted by Crippen LogP contribution is 2.30. The minimum Gasteiger partial charge on any atom is -0.480 e. The zero-order chi connectivity index (χ0) is 12.3. The molecular weight excluding hydrogens is 210 g/mol. The van der Waals surface area contributed by atoms with E-state index in [9.17, 15) is 9.59 Å². The van der Waals surface area contributed by atoms with Gasteiger partial charge in [-0.2, -0.15) is 0 Å². The standard InChI is InChI=1S/C11H19NO4/c1-4-5-12-7(2)8(11(15)16-3)6-9(12)10(13)14/h7-9H,4-6H2,1-3H3,(H,13,14). The Bertz CT molecular complexity index is 279. The maximum atomic E-state index is 11.5. The van der Waals surface area contributed by atoms with Crippen molar-refractivity contribution in [3.63, 3.8) is 0 Å². The molecule has 1 saturated heterocycles. The highest BCUT2D eigenvalue weighted by molar-refractivity contribution is 5.79. The summed E-state index contributed by atoms with van der Waals surface area (Å²) in [6.07, 6.45) is 1.23. The van der Waals surface area contributed by atoms with E-state index in [0.717, 1.165) is 6.42 Å². The lowest BCUT2D eigenvalue weighted by Crippen LogP contribution is -2.41. The van der Waals surface area contributed by atoms with E-state index < -0.39 is 12.0 Å². The van der Waals surface area contributed by atoms with Crippen LogP contribution in [0.2, 0.25) is 0 Å². The molecule has 0 saturated carbocycles. The Morgan fingerprint density at radius 3 is 2.56 bits per heavy atom. The van der Waals surface area contributed by atoms with Crippen LogP contribution in [0.5, 0.6) is 0 Å². The number of carbonyl (C=O) groups is 2. The molecule has 1 aliphatic heterocycles. The van der Waals surface area contributed by atoms with E-state index in [4.69, 9.17) is 9.84 Å². The van der Waals surface area contributed by atoms with Gasteiger partial charge in [0.15, 0.2) is 0 Å². The van der Waals surface area contributed by atoms with Crippen LogP contribution in [0, 0.1) is 5.92 Å². The molecule has 3 unspecified atom stereocenters. The first kappa shape index (κ1) is 13.0. The number of aliphatic carboxylic acids is 1. The second-order valence-corrected chi connectivity index (χ2v) is 4.20. The summed E-state index contributed by atoms with van der Waals surface area (Å²) < 4.78 is 4.70.